The Morgan fingerprint density at radius 1 is 1.69 bits per heavy atom. The third-order valence-corrected chi connectivity index (χ3v) is 1.63. The van der Waals surface area contributed by atoms with Crippen molar-refractivity contribution < 1.29 is 5.11 Å². The maximum Gasteiger partial charge on any atom is 0.137 e. The maximum absolute atomic E-state index is 9.37. The van der Waals surface area contributed by atoms with Crippen LogP contribution in [0, 0.1) is 18.3 Å². The molecule has 0 aliphatic rings. The summed E-state index contributed by atoms with van der Waals surface area (Å²) in [6.45, 7) is 5.36. The van der Waals surface area contributed by atoms with E-state index < -0.39 is 0 Å². The number of allylic oxidation sites excluding steroid dienone is 1. The van der Waals surface area contributed by atoms with Crippen LogP contribution in [0.25, 0.3) is 0 Å². The zero-order valence-corrected chi connectivity index (χ0v) is 7.41. The van der Waals surface area contributed by atoms with Crippen LogP contribution < -0.4 is 0 Å². The lowest BCUT2D eigenvalue weighted by Crippen LogP contribution is -1.94. The highest BCUT2D eigenvalue weighted by Gasteiger charge is 2.04. The summed E-state index contributed by atoms with van der Waals surface area (Å²) in [6.07, 6.45) is 0.310. The van der Waals surface area contributed by atoms with E-state index in [1.165, 1.54) is 0 Å². The highest BCUT2D eigenvalue weighted by atomic mass is 16.3. The van der Waals surface area contributed by atoms with Crippen LogP contribution in [0.4, 0.5) is 0 Å². The van der Waals surface area contributed by atoms with E-state index in [4.69, 9.17) is 5.26 Å². The van der Waals surface area contributed by atoms with E-state index in [-0.39, 0.29) is 5.75 Å². The lowest BCUT2D eigenvalue weighted by molar-refractivity contribution is 0.465. The van der Waals surface area contributed by atoms with Gasteiger partial charge in [-0.2, -0.15) is 5.26 Å². The molecule has 0 unspecified atom stereocenters. The molecule has 66 valence electrons. The van der Waals surface area contributed by atoms with Crippen LogP contribution in [0.15, 0.2) is 24.3 Å². The first-order valence-electron chi connectivity index (χ1n) is 3.87. The van der Waals surface area contributed by atoms with Gasteiger partial charge in [-0.15, -0.1) is 0 Å². The Morgan fingerprint density at radius 3 is 3.00 bits per heavy atom. The van der Waals surface area contributed by atoms with Gasteiger partial charge in [0.15, 0.2) is 0 Å². The van der Waals surface area contributed by atoms with Crippen molar-refractivity contribution in [1.82, 2.24) is 4.98 Å². The molecule has 3 heteroatoms. The first-order valence-corrected chi connectivity index (χ1v) is 3.87. The fourth-order valence-corrected chi connectivity index (χ4v) is 0.975. The van der Waals surface area contributed by atoms with Gasteiger partial charge >= 0.3 is 0 Å². The molecule has 0 amide bonds. The van der Waals surface area contributed by atoms with Gasteiger partial charge in [0.05, 0.1) is 11.8 Å². The van der Waals surface area contributed by atoms with Crippen LogP contribution >= 0.6 is 0 Å². The lowest BCUT2D eigenvalue weighted by atomic mass is 10.1. The molecule has 0 aromatic carbocycles. The Bertz CT molecular complexity index is 377. The highest BCUT2D eigenvalue weighted by Crippen LogP contribution is 2.17. The topological polar surface area (TPSA) is 56.9 Å². The molecule has 3 nitrogen and oxygen atoms in total. The molecule has 0 bridgehead atoms. The van der Waals surface area contributed by atoms with E-state index in [1.807, 2.05) is 13.0 Å². The molecular weight excluding hydrogens is 164 g/mol. The standard InChI is InChI=1S/C10H10N2O/c1-7(6-11)5-9-10(13)4-3-8(2)12-9/h3-4,13H,1,5H2,2H3. The van der Waals surface area contributed by atoms with Crippen molar-refractivity contribution in [2.75, 3.05) is 0 Å². The second-order valence-electron chi connectivity index (χ2n) is 2.81. The molecule has 1 aromatic heterocycles. The summed E-state index contributed by atoms with van der Waals surface area (Å²) < 4.78 is 0. The largest absolute Gasteiger partial charge is 0.506 e. The monoisotopic (exact) mass is 174 g/mol. The van der Waals surface area contributed by atoms with Gasteiger partial charge in [0.2, 0.25) is 0 Å². The van der Waals surface area contributed by atoms with Gasteiger partial charge in [0.1, 0.15) is 5.75 Å². The third-order valence-electron chi connectivity index (χ3n) is 1.63. The second kappa shape index (κ2) is 3.72. The predicted octanol–water partition coefficient (Wildman–Crippen LogP) is 1.72. The fourth-order valence-electron chi connectivity index (χ4n) is 0.975. The van der Waals surface area contributed by atoms with Crippen LogP contribution in [0.3, 0.4) is 0 Å². The Labute approximate surface area is 77.0 Å². The van der Waals surface area contributed by atoms with E-state index in [2.05, 4.69) is 11.6 Å². The first-order chi connectivity index (χ1) is 6.13. The van der Waals surface area contributed by atoms with E-state index in [0.29, 0.717) is 17.7 Å². The summed E-state index contributed by atoms with van der Waals surface area (Å²) in [5.74, 6) is 0.113. The minimum absolute atomic E-state index is 0.113. The molecule has 0 saturated carbocycles. The summed E-state index contributed by atoms with van der Waals surface area (Å²) in [5, 5.41) is 17.9. The second-order valence-corrected chi connectivity index (χ2v) is 2.81. The van der Waals surface area contributed by atoms with Gasteiger partial charge in [-0.05, 0) is 19.1 Å². The van der Waals surface area contributed by atoms with Crippen LogP contribution in [0.5, 0.6) is 5.75 Å². The highest BCUT2D eigenvalue weighted by molar-refractivity contribution is 5.33. The number of aryl methyl sites for hydroxylation is 1. The molecule has 0 spiro atoms. The van der Waals surface area contributed by atoms with Crippen molar-refractivity contribution in [2.24, 2.45) is 0 Å². The summed E-state index contributed by atoms with van der Waals surface area (Å²) in [6, 6.07) is 5.20. The number of aromatic hydroxyl groups is 1. The van der Waals surface area contributed by atoms with Crippen molar-refractivity contribution in [2.45, 2.75) is 13.3 Å². The van der Waals surface area contributed by atoms with Crippen molar-refractivity contribution >= 4 is 0 Å². The summed E-state index contributed by atoms with van der Waals surface area (Å²) in [7, 11) is 0. The molecule has 0 aliphatic heterocycles. The minimum Gasteiger partial charge on any atom is -0.506 e. The van der Waals surface area contributed by atoms with E-state index in [9.17, 15) is 5.11 Å². The molecule has 1 aromatic rings. The fraction of sp³-hybridized carbons (Fsp3) is 0.200. The zero-order chi connectivity index (χ0) is 9.84. The Hall–Kier alpha value is -1.82. The predicted molar refractivity (Wildman–Crippen MR) is 49.1 cm³/mol. The maximum atomic E-state index is 9.37. The number of aromatic nitrogens is 1. The molecular formula is C10H10N2O. The Morgan fingerprint density at radius 2 is 2.38 bits per heavy atom. The Balaban J connectivity index is 2.95. The van der Waals surface area contributed by atoms with Gasteiger partial charge < -0.3 is 5.11 Å². The number of hydrogen-bond acceptors (Lipinski definition) is 3. The van der Waals surface area contributed by atoms with Gasteiger partial charge in [-0.3, -0.25) is 4.98 Å². The minimum atomic E-state index is 0.113. The first kappa shape index (κ1) is 9.27. The number of nitriles is 1. The normalized spacial score (nSPS) is 9.23. The number of rotatable bonds is 2. The third kappa shape index (κ3) is 2.31. The molecule has 0 saturated heterocycles. The smallest absolute Gasteiger partial charge is 0.137 e. The molecule has 13 heavy (non-hydrogen) atoms. The van der Waals surface area contributed by atoms with Crippen LogP contribution in [0.1, 0.15) is 11.4 Å². The van der Waals surface area contributed by atoms with Gasteiger partial charge in [-0.1, -0.05) is 6.58 Å². The molecule has 0 radical (unpaired) electrons. The molecule has 1 rings (SSSR count). The molecule has 1 N–H and O–H groups in total. The van der Waals surface area contributed by atoms with Crippen LogP contribution in [-0.2, 0) is 6.42 Å². The SMILES string of the molecule is C=C(C#N)Cc1nc(C)ccc1O. The quantitative estimate of drug-likeness (QED) is 0.694. The van der Waals surface area contributed by atoms with E-state index >= 15 is 0 Å². The van der Waals surface area contributed by atoms with Crippen molar-refractivity contribution in [3.63, 3.8) is 0 Å². The zero-order valence-electron chi connectivity index (χ0n) is 7.41. The number of pyridine rings is 1. The van der Waals surface area contributed by atoms with E-state index in [0.717, 1.165) is 5.69 Å². The molecule has 0 fully saturated rings. The average Bonchev–Trinajstić information content (AvgIpc) is 2.11. The van der Waals surface area contributed by atoms with Crippen molar-refractivity contribution in [3.8, 4) is 11.8 Å². The number of nitrogens with zero attached hydrogens (tertiary/aromatic N) is 2. The van der Waals surface area contributed by atoms with Gasteiger partial charge in [0, 0.05) is 17.7 Å². The number of hydrogen-bond donors (Lipinski definition) is 1. The molecule has 0 aliphatic carbocycles. The summed E-state index contributed by atoms with van der Waals surface area (Å²) in [5.41, 5.74) is 1.72. The van der Waals surface area contributed by atoms with Crippen LogP contribution in [0.2, 0.25) is 0 Å². The van der Waals surface area contributed by atoms with Crippen LogP contribution in [-0.4, -0.2) is 10.1 Å². The summed E-state index contributed by atoms with van der Waals surface area (Å²) in [4.78, 5) is 4.10. The van der Waals surface area contributed by atoms with Gasteiger partial charge in [0.25, 0.3) is 0 Å². The summed E-state index contributed by atoms with van der Waals surface area (Å²) >= 11 is 0. The van der Waals surface area contributed by atoms with Gasteiger partial charge in [-0.25, -0.2) is 0 Å². The average molecular weight is 174 g/mol. The molecule has 0 atom stereocenters. The lowest BCUT2D eigenvalue weighted by Gasteiger charge is -2.02. The van der Waals surface area contributed by atoms with Crippen molar-refractivity contribution in [3.05, 3.63) is 35.7 Å². The van der Waals surface area contributed by atoms with E-state index in [1.54, 1.807) is 12.1 Å². The van der Waals surface area contributed by atoms with Crippen molar-refractivity contribution in [1.29, 1.82) is 5.26 Å². The molecule has 1 heterocycles. The Kier molecular flexibility index (Phi) is 2.65.